The molecule has 0 spiro atoms. The van der Waals surface area contributed by atoms with E-state index >= 15 is 0 Å². The Morgan fingerprint density at radius 3 is 1.51 bits per heavy atom. The van der Waals surface area contributed by atoms with Crippen LogP contribution in [0.2, 0.25) is 0 Å². The van der Waals surface area contributed by atoms with Crippen LogP contribution >= 0.6 is 0 Å². The number of para-hydroxylation sites is 3. The molecule has 2 aromatic heterocycles. The van der Waals surface area contributed by atoms with E-state index in [2.05, 4.69) is 111 Å². The number of fused-ring (bicyclic) bond motifs is 6. The van der Waals surface area contributed by atoms with Crippen LogP contribution in [0.1, 0.15) is 22.3 Å². The maximum atomic E-state index is 10.3. The molecule has 61 heavy (non-hydrogen) atoms. The van der Waals surface area contributed by atoms with Crippen molar-refractivity contribution in [3.63, 3.8) is 0 Å². The number of nitriles is 3. The topological polar surface area (TPSA) is 90.0 Å². The SMILES string of the molecule is [C-]#[N+]c1cc(C#N)cc(-c2ccc3c(c2)c2ccccc2n3-c2ccc(C#N)cc2-c2cccc(C)c2-n2c3ccccc3c3cc(-c4cc(C#N)cc([N+]#[C-])c4)ccc32)c1. The van der Waals surface area contributed by atoms with Crippen LogP contribution in [0.5, 0.6) is 0 Å². The molecule has 0 bridgehead atoms. The molecule has 2 heterocycles. The van der Waals surface area contributed by atoms with Crippen molar-refractivity contribution in [2.45, 2.75) is 6.92 Å². The van der Waals surface area contributed by atoms with Gasteiger partial charge in [-0.1, -0.05) is 66.7 Å². The van der Waals surface area contributed by atoms with E-state index in [1.807, 2.05) is 78.9 Å². The van der Waals surface area contributed by atoms with Crippen LogP contribution in [0.25, 0.3) is 98.1 Å². The molecule has 280 valence electrons. The molecule has 0 amide bonds. The Morgan fingerprint density at radius 2 is 0.951 bits per heavy atom. The van der Waals surface area contributed by atoms with E-state index in [4.69, 9.17) is 13.1 Å². The Balaban J connectivity index is 1.22. The van der Waals surface area contributed by atoms with E-state index < -0.39 is 0 Å². The predicted molar refractivity (Wildman–Crippen MR) is 243 cm³/mol. The molecule has 0 aliphatic rings. The molecule has 0 unspecified atom stereocenters. The molecule has 10 rings (SSSR count). The highest BCUT2D eigenvalue weighted by atomic mass is 15.0. The lowest BCUT2D eigenvalue weighted by Crippen LogP contribution is -2.03. The lowest BCUT2D eigenvalue weighted by Gasteiger charge is -2.20. The highest BCUT2D eigenvalue weighted by molar-refractivity contribution is 6.13. The summed E-state index contributed by atoms with van der Waals surface area (Å²) in [6.45, 7) is 17.4. The molecule has 10 aromatic rings. The van der Waals surface area contributed by atoms with E-state index in [-0.39, 0.29) is 0 Å². The standard InChI is InChI=1S/C54H29N7/c1-33-9-8-12-45(54(33)61-50-14-7-5-11-44(50)48-29-38(17-20-53(48)61)40-22-36(32-57)24-42(27-40)59-3)46-25-34(30-55)15-18-51(46)60-49-13-6-4-10-43(49)47-28-37(16-19-52(47)60)39-21-35(31-56)23-41(26-39)58-2/h4-29H,1H3. The Morgan fingerprint density at radius 1 is 0.426 bits per heavy atom. The third-order valence-corrected chi connectivity index (χ3v) is 11.5. The number of hydrogen-bond donors (Lipinski definition) is 0. The third kappa shape index (κ3) is 5.85. The zero-order valence-electron chi connectivity index (χ0n) is 32.6. The second kappa shape index (κ2) is 14.3. The Hall–Kier alpha value is -9.19. The van der Waals surface area contributed by atoms with Crippen LogP contribution in [0.3, 0.4) is 0 Å². The van der Waals surface area contributed by atoms with Crippen LogP contribution in [0, 0.1) is 54.1 Å². The maximum absolute atomic E-state index is 10.3. The van der Waals surface area contributed by atoms with Crippen molar-refractivity contribution in [2.24, 2.45) is 0 Å². The first-order chi connectivity index (χ1) is 29.9. The van der Waals surface area contributed by atoms with Crippen molar-refractivity contribution < 1.29 is 0 Å². The van der Waals surface area contributed by atoms with Gasteiger partial charge in [0, 0.05) is 43.8 Å². The quantitative estimate of drug-likeness (QED) is 0.163. The van der Waals surface area contributed by atoms with Gasteiger partial charge in [0.25, 0.3) is 0 Å². The summed E-state index contributed by atoms with van der Waals surface area (Å²) in [4.78, 5) is 7.24. The van der Waals surface area contributed by atoms with Crippen molar-refractivity contribution >= 4 is 55.0 Å². The van der Waals surface area contributed by atoms with E-state index in [0.29, 0.717) is 28.1 Å². The lowest BCUT2D eigenvalue weighted by atomic mass is 9.96. The van der Waals surface area contributed by atoms with Gasteiger partial charge in [0.2, 0.25) is 0 Å². The second-order valence-electron chi connectivity index (χ2n) is 15.0. The molecule has 0 atom stereocenters. The van der Waals surface area contributed by atoms with Crippen LogP contribution < -0.4 is 0 Å². The van der Waals surface area contributed by atoms with Crippen LogP contribution in [-0.2, 0) is 0 Å². The number of benzene rings is 8. The molecule has 0 radical (unpaired) electrons. The van der Waals surface area contributed by atoms with Gasteiger partial charge in [0.1, 0.15) is 0 Å². The molecule has 0 saturated heterocycles. The summed E-state index contributed by atoms with van der Waals surface area (Å²) < 4.78 is 4.57. The van der Waals surface area contributed by atoms with Crippen molar-refractivity contribution in [3.05, 3.63) is 203 Å². The highest BCUT2D eigenvalue weighted by Crippen LogP contribution is 2.43. The Kier molecular flexibility index (Phi) is 8.49. The van der Waals surface area contributed by atoms with Gasteiger partial charge in [-0.2, -0.15) is 15.8 Å². The molecule has 8 aromatic carbocycles. The molecule has 0 fully saturated rings. The molecule has 7 heteroatoms. The van der Waals surface area contributed by atoms with E-state index in [1.165, 1.54) is 0 Å². The summed E-state index contributed by atoms with van der Waals surface area (Å²) in [5.74, 6) is 0. The average molecular weight is 776 g/mol. The summed E-state index contributed by atoms with van der Waals surface area (Å²) in [5, 5.41) is 33.9. The average Bonchev–Trinajstić information content (AvgIpc) is 3.82. The van der Waals surface area contributed by atoms with Gasteiger partial charge in [0.15, 0.2) is 11.4 Å². The molecule has 0 aliphatic heterocycles. The Bertz CT molecular complexity index is 3670. The van der Waals surface area contributed by atoms with Crippen LogP contribution in [-0.4, -0.2) is 9.13 Å². The van der Waals surface area contributed by atoms with Gasteiger partial charge in [-0.05, 0) is 126 Å². The first-order valence-electron chi connectivity index (χ1n) is 19.5. The van der Waals surface area contributed by atoms with Gasteiger partial charge in [0.05, 0.1) is 70.4 Å². The lowest BCUT2D eigenvalue weighted by molar-refractivity contribution is 1.14. The Labute approximate surface area is 351 Å². The molecular weight excluding hydrogens is 747 g/mol. The number of aryl methyl sites for hydroxylation is 1. The van der Waals surface area contributed by atoms with Gasteiger partial charge >= 0.3 is 0 Å². The van der Waals surface area contributed by atoms with E-state index in [9.17, 15) is 15.8 Å². The number of aromatic nitrogens is 2. The van der Waals surface area contributed by atoms with Gasteiger partial charge < -0.3 is 9.13 Å². The summed E-state index contributed by atoms with van der Waals surface area (Å²) in [6, 6.07) is 58.7. The fraction of sp³-hybridized carbons (Fsp3) is 0.0185. The maximum Gasteiger partial charge on any atom is 0.189 e. The van der Waals surface area contributed by atoms with Crippen molar-refractivity contribution in [1.29, 1.82) is 15.8 Å². The minimum atomic E-state index is 0.414. The van der Waals surface area contributed by atoms with E-state index in [1.54, 1.807) is 12.1 Å². The molecule has 0 N–H and O–H groups in total. The normalized spacial score (nSPS) is 11.0. The highest BCUT2D eigenvalue weighted by Gasteiger charge is 2.22. The van der Waals surface area contributed by atoms with E-state index in [0.717, 1.165) is 93.9 Å². The monoisotopic (exact) mass is 775 g/mol. The molecular formula is C54H29N7. The minimum absolute atomic E-state index is 0.414. The zero-order valence-corrected chi connectivity index (χ0v) is 32.6. The summed E-state index contributed by atoms with van der Waals surface area (Å²) >= 11 is 0. The van der Waals surface area contributed by atoms with Gasteiger partial charge in [-0.15, -0.1) is 0 Å². The zero-order chi connectivity index (χ0) is 41.8. The summed E-state index contributed by atoms with van der Waals surface area (Å²) in [5.41, 5.74) is 14.4. The third-order valence-electron chi connectivity index (χ3n) is 11.5. The fourth-order valence-electron chi connectivity index (χ4n) is 8.81. The van der Waals surface area contributed by atoms with Crippen molar-refractivity contribution in [3.8, 4) is 63.0 Å². The van der Waals surface area contributed by atoms with Gasteiger partial charge in [-0.3, -0.25) is 0 Å². The molecule has 0 aliphatic carbocycles. The number of hydrogen-bond acceptors (Lipinski definition) is 3. The van der Waals surface area contributed by atoms with Crippen molar-refractivity contribution in [1.82, 2.24) is 9.13 Å². The fourth-order valence-corrected chi connectivity index (χ4v) is 8.81. The first kappa shape index (κ1) is 36.2. The number of rotatable bonds is 5. The van der Waals surface area contributed by atoms with Crippen LogP contribution in [0.15, 0.2) is 158 Å². The largest absolute Gasteiger partial charge is 0.309 e. The first-order valence-corrected chi connectivity index (χ1v) is 19.5. The minimum Gasteiger partial charge on any atom is -0.309 e. The second-order valence-corrected chi connectivity index (χ2v) is 15.0. The predicted octanol–water partition coefficient (Wildman–Crippen LogP) is 13.9. The molecule has 0 saturated carbocycles. The van der Waals surface area contributed by atoms with Gasteiger partial charge in [-0.25, -0.2) is 9.69 Å². The van der Waals surface area contributed by atoms with Crippen molar-refractivity contribution in [2.75, 3.05) is 0 Å². The number of nitrogens with zero attached hydrogens (tertiary/aromatic N) is 7. The summed E-state index contributed by atoms with van der Waals surface area (Å²) in [7, 11) is 0. The smallest absolute Gasteiger partial charge is 0.189 e. The molecule has 7 nitrogen and oxygen atoms in total. The van der Waals surface area contributed by atoms with Crippen LogP contribution in [0.4, 0.5) is 11.4 Å². The summed E-state index contributed by atoms with van der Waals surface area (Å²) in [6.07, 6.45) is 0.